The second-order valence-electron chi connectivity index (χ2n) is 6.03. The minimum atomic E-state index is -1.51. The van der Waals surface area contributed by atoms with E-state index in [0.717, 1.165) is 19.6 Å². The molecule has 0 saturated carbocycles. The molecule has 1 atom stereocenters. The van der Waals surface area contributed by atoms with Gasteiger partial charge in [0.2, 0.25) is 0 Å². The highest BCUT2D eigenvalue weighted by molar-refractivity contribution is 6.74. The first-order chi connectivity index (χ1) is 6.83. The second-order valence-corrected chi connectivity index (χ2v) is 10.8. The molecule has 90 valence electrons. The third kappa shape index (κ3) is 3.89. The van der Waals surface area contributed by atoms with Gasteiger partial charge in [-0.3, -0.25) is 0 Å². The van der Waals surface area contributed by atoms with Gasteiger partial charge in [0.15, 0.2) is 8.32 Å². The van der Waals surface area contributed by atoms with Gasteiger partial charge in [-0.1, -0.05) is 20.8 Å². The Bertz CT molecular complexity index is 192. The molecule has 0 aromatic carbocycles. The van der Waals surface area contributed by atoms with Crippen LogP contribution in [0.25, 0.3) is 0 Å². The molecule has 1 aliphatic heterocycles. The van der Waals surface area contributed by atoms with Crippen molar-refractivity contribution in [3.63, 3.8) is 0 Å². The van der Waals surface area contributed by atoms with Crippen molar-refractivity contribution in [2.24, 2.45) is 0 Å². The lowest BCUT2D eigenvalue weighted by atomic mass is 10.1. The molecule has 0 N–H and O–H groups in total. The highest BCUT2D eigenvalue weighted by Gasteiger charge is 2.36. The zero-order valence-electron chi connectivity index (χ0n) is 10.9. The van der Waals surface area contributed by atoms with Crippen molar-refractivity contribution in [3.05, 3.63) is 0 Å². The Kier molecular flexibility index (Phi) is 4.38. The predicted molar refractivity (Wildman–Crippen MR) is 66.7 cm³/mol. The number of rotatable bonds is 5. The predicted octanol–water partition coefficient (Wildman–Crippen LogP) is 3.58. The summed E-state index contributed by atoms with van der Waals surface area (Å²) >= 11 is 0. The topological polar surface area (TPSA) is 18.5 Å². The molecule has 0 aliphatic carbocycles. The van der Waals surface area contributed by atoms with Crippen molar-refractivity contribution in [2.75, 3.05) is 13.2 Å². The van der Waals surface area contributed by atoms with E-state index in [1.807, 2.05) is 0 Å². The average Bonchev–Trinajstić information content (AvgIpc) is 1.98. The molecule has 0 aromatic rings. The summed E-state index contributed by atoms with van der Waals surface area (Å²) in [6, 6.07) is 0. The van der Waals surface area contributed by atoms with Gasteiger partial charge >= 0.3 is 0 Å². The van der Waals surface area contributed by atoms with Gasteiger partial charge in [-0.25, -0.2) is 0 Å². The smallest absolute Gasteiger partial charge is 0.191 e. The van der Waals surface area contributed by atoms with Crippen molar-refractivity contribution in [1.82, 2.24) is 0 Å². The zero-order chi connectivity index (χ0) is 11.5. The van der Waals surface area contributed by atoms with Crippen LogP contribution in [0.2, 0.25) is 18.1 Å². The number of hydrogen-bond donors (Lipinski definition) is 0. The third-order valence-electron chi connectivity index (χ3n) is 3.73. The Hall–Kier alpha value is 0.137. The maximum atomic E-state index is 6.10. The quantitative estimate of drug-likeness (QED) is 0.531. The first-order valence-electron chi connectivity index (χ1n) is 6.08. The SMILES string of the molecule is CC(C)(C)[Si](C)(C)OCCCC1CCO1. The van der Waals surface area contributed by atoms with Gasteiger partial charge in [0, 0.05) is 13.2 Å². The fraction of sp³-hybridized carbons (Fsp3) is 1.00. The Morgan fingerprint density at radius 2 is 1.93 bits per heavy atom. The van der Waals surface area contributed by atoms with Gasteiger partial charge in [0.25, 0.3) is 0 Å². The summed E-state index contributed by atoms with van der Waals surface area (Å²) in [5.41, 5.74) is 0. The van der Waals surface area contributed by atoms with Crippen LogP contribution in [0, 0.1) is 0 Å². The molecular weight excluding hydrogens is 204 g/mol. The summed E-state index contributed by atoms with van der Waals surface area (Å²) in [6.07, 6.45) is 4.11. The standard InChI is InChI=1S/C12H26O2Si/c1-12(2,3)15(4,5)14-9-6-7-11-8-10-13-11/h11H,6-10H2,1-5H3. The van der Waals surface area contributed by atoms with Crippen molar-refractivity contribution < 1.29 is 9.16 Å². The second kappa shape index (κ2) is 4.98. The Labute approximate surface area is 95.5 Å². The summed E-state index contributed by atoms with van der Waals surface area (Å²) in [4.78, 5) is 0. The summed E-state index contributed by atoms with van der Waals surface area (Å²) in [5, 5.41) is 0.333. The number of ether oxygens (including phenoxy) is 1. The molecule has 1 aliphatic rings. The summed E-state index contributed by atoms with van der Waals surface area (Å²) in [7, 11) is -1.51. The molecule has 1 fully saturated rings. The van der Waals surface area contributed by atoms with Gasteiger partial charge < -0.3 is 9.16 Å². The van der Waals surface area contributed by atoms with E-state index in [4.69, 9.17) is 9.16 Å². The fourth-order valence-electron chi connectivity index (χ4n) is 1.37. The molecule has 1 unspecified atom stereocenters. The average molecular weight is 230 g/mol. The van der Waals surface area contributed by atoms with Crippen molar-refractivity contribution in [3.8, 4) is 0 Å². The van der Waals surface area contributed by atoms with Crippen molar-refractivity contribution >= 4 is 8.32 Å². The molecule has 1 saturated heterocycles. The van der Waals surface area contributed by atoms with Crippen molar-refractivity contribution in [2.45, 2.75) is 64.3 Å². The van der Waals surface area contributed by atoms with E-state index in [1.54, 1.807) is 0 Å². The molecule has 0 amide bonds. The maximum Gasteiger partial charge on any atom is 0.191 e. The monoisotopic (exact) mass is 230 g/mol. The molecule has 3 heteroatoms. The van der Waals surface area contributed by atoms with Crippen LogP contribution in [0.3, 0.4) is 0 Å². The summed E-state index contributed by atoms with van der Waals surface area (Å²) in [6.45, 7) is 13.4. The first-order valence-corrected chi connectivity index (χ1v) is 8.99. The number of hydrogen-bond acceptors (Lipinski definition) is 2. The highest BCUT2D eigenvalue weighted by atomic mass is 28.4. The van der Waals surface area contributed by atoms with E-state index in [2.05, 4.69) is 33.9 Å². The van der Waals surface area contributed by atoms with Crippen LogP contribution in [0.1, 0.15) is 40.0 Å². The van der Waals surface area contributed by atoms with Crippen LogP contribution in [0.15, 0.2) is 0 Å². The normalized spacial score (nSPS) is 22.6. The molecular formula is C12H26O2Si. The van der Waals surface area contributed by atoms with Gasteiger partial charge in [0.05, 0.1) is 6.10 Å². The Morgan fingerprint density at radius 3 is 2.33 bits per heavy atom. The molecule has 2 nitrogen and oxygen atoms in total. The van der Waals surface area contributed by atoms with Crippen LogP contribution in [0.4, 0.5) is 0 Å². The first kappa shape index (κ1) is 13.2. The lowest BCUT2D eigenvalue weighted by Gasteiger charge is -2.36. The fourth-order valence-corrected chi connectivity index (χ4v) is 2.45. The van der Waals surface area contributed by atoms with Crippen LogP contribution in [-0.2, 0) is 9.16 Å². The highest BCUT2D eigenvalue weighted by Crippen LogP contribution is 2.36. The van der Waals surface area contributed by atoms with E-state index in [9.17, 15) is 0 Å². The van der Waals surface area contributed by atoms with Gasteiger partial charge in [-0.05, 0) is 37.4 Å². The minimum Gasteiger partial charge on any atom is -0.417 e. The third-order valence-corrected chi connectivity index (χ3v) is 8.27. The summed E-state index contributed by atoms with van der Waals surface area (Å²) in [5.74, 6) is 0. The lowest BCUT2D eigenvalue weighted by Crippen LogP contribution is -2.41. The van der Waals surface area contributed by atoms with Crippen molar-refractivity contribution in [1.29, 1.82) is 0 Å². The van der Waals surface area contributed by atoms with Gasteiger partial charge in [-0.15, -0.1) is 0 Å². The largest absolute Gasteiger partial charge is 0.417 e. The molecule has 0 spiro atoms. The molecule has 15 heavy (non-hydrogen) atoms. The summed E-state index contributed by atoms with van der Waals surface area (Å²) < 4.78 is 11.5. The Morgan fingerprint density at radius 1 is 1.33 bits per heavy atom. The molecule has 0 bridgehead atoms. The van der Waals surface area contributed by atoms with E-state index >= 15 is 0 Å². The molecule has 0 radical (unpaired) electrons. The van der Waals surface area contributed by atoms with Gasteiger partial charge in [0.1, 0.15) is 0 Å². The maximum absolute atomic E-state index is 6.10. The molecule has 0 aromatic heterocycles. The van der Waals surface area contributed by atoms with Crippen LogP contribution in [-0.4, -0.2) is 27.6 Å². The van der Waals surface area contributed by atoms with Crippen LogP contribution >= 0.6 is 0 Å². The zero-order valence-corrected chi connectivity index (χ0v) is 11.9. The van der Waals surface area contributed by atoms with Crippen LogP contribution < -0.4 is 0 Å². The molecule has 1 heterocycles. The molecule has 1 rings (SSSR count). The van der Waals surface area contributed by atoms with E-state index in [1.165, 1.54) is 12.8 Å². The van der Waals surface area contributed by atoms with E-state index in [0.29, 0.717) is 11.1 Å². The van der Waals surface area contributed by atoms with E-state index in [-0.39, 0.29) is 0 Å². The Balaban J connectivity index is 2.12. The lowest BCUT2D eigenvalue weighted by molar-refractivity contribution is -0.0567. The van der Waals surface area contributed by atoms with Gasteiger partial charge in [-0.2, -0.15) is 0 Å². The van der Waals surface area contributed by atoms with Crippen LogP contribution in [0.5, 0.6) is 0 Å². The minimum absolute atomic E-state index is 0.333. The van der Waals surface area contributed by atoms with E-state index < -0.39 is 8.32 Å².